The summed E-state index contributed by atoms with van der Waals surface area (Å²) in [5.74, 6) is 0. The first-order valence-corrected chi connectivity index (χ1v) is 4.60. The number of ether oxygens (including phenoxy) is 1. The maximum atomic E-state index is 5.58. The Morgan fingerprint density at radius 3 is 2.58 bits per heavy atom. The van der Waals surface area contributed by atoms with Crippen LogP contribution in [0.2, 0.25) is 0 Å². The van der Waals surface area contributed by atoms with E-state index in [4.69, 9.17) is 9.57 Å². The van der Waals surface area contributed by atoms with Gasteiger partial charge in [-0.3, -0.25) is 4.84 Å². The molecule has 0 aliphatic carbocycles. The fraction of sp³-hybridized carbons (Fsp3) is 1.00. The maximum Gasteiger partial charge on any atom is 0.178 e. The van der Waals surface area contributed by atoms with Gasteiger partial charge in [0.2, 0.25) is 0 Å². The first kappa shape index (κ1) is 9.96. The topological polar surface area (TPSA) is 21.7 Å². The maximum absolute atomic E-state index is 5.58. The molecule has 1 aliphatic heterocycles. The van der Waals surface area contributed by atoms with E-state index >= 15 is 0 Å². The lowest BCUT2D eigenvalue weighted by atomic mass is 10.1. The van der Waals surface area contributed by atoms with Gasteiger partial charge in [0.05, 0.1) is 0 Å². The van der Waals surface area contributed by atoms with E-state index in [1.54, 1.807) is 0 Å². The summed E-state index contributed by atoms with van der Waals surface area (Å²) in [4.78, 5) is 5.58. The normalized spacial score (nSPS) is 26.5. The van der Waals surface area contributed by atoms with E-state index in [2.05, 4.69) is 20.8 Å². The van der Waals surface area contributed by atoms with Crippen LogP contribution in [0.25, 0.3) is 0 Å². The molecule has 0 aromatic carbocycles. The monoisotopic (exact) mass is 173 g/mol. The fourth-order valence-corrected chi connectivity index (χ4v) is 1.26. The molecule has 1 saturated heterocycles. The molecule has 0 N–H and O–H groups in total. The summed E-state index contributed by atoms with van der Waals surface area (Å²) in [6.07, 6.45) is 0.958. The van der Waals surface area contributed by atoms with Crippen LogP contribution >= 0.6 is 0 Å². The van der Waals surface area contributed by atoms with Gasteiger partial charge in [0.1, 0.15) is 0 Å². The lowest BCUT2D eigenvalue weighted by molar-refractivity contribution is -0.260. The molecule has 3 nitrogen and oxygen atoms in total. The molecule has 0 bridgehead atoms. The molecule has 0 amide bonds. The fourth-order valence-electron chi connectivity index (χ4n) is 1.26. The second-order valence-electron chi connectivity index (χ2n) is 4.05. The van der Waals surface area contributed by atoms with Crippen molar-refractivity contribution in [2.24, 2.45) is 0 Å². The Labute approximate surface area is 74.6 Å². The summed E-state index contributed by atoms with van der Waals surface area (Å²) >= 11 is 0. The third-order valence-corrected chi connectivity index (χ3v) is 1.91. The smallest absolute Gasteiger partial charge is 0.178 e. The molecule has 3 heteroatoms. The van der Waals surface area contributed by atoms with Crippen molar-refractivity contribution < 1.29 is 9.57 Å². The molecule has 72 valence electrons. The Balaban J connectivity index is 2.35. The highest BCUT2D eigenvalue weighted by Gasteiger charge is 2.31. The van der Waals surface area contributed by atoms with Gasteiger partial charge in [0.15, 0.2) is 6.29 Å². The van der Waals surface area contributed by atoms with Crippen LogP contribution in [0.1, 0.15) is 34.1 Å². The lowest BCUT2D eigenvalue weighted by Gasteiger charge is -2.29. The van der Waals surface area contributed by atoms with Crippen molar-refractivity contribution in [3.63, 3.8) is 0 Å². The van der Waals surface area contributed by atoms with Gasteiger partial charge in [-0.2, -0.15) is 5.06 Å². The molecule has 1 atom stereocenters. The number of hydrogen-bond acceptors (Lipinski definition) is 3. The predicted molar refractivity (Wildman–Crippen MR) is 47.6 cm³/mol. The zero-order valence-electron chi connectivity index (χ0n) is 8.46. The summed E-state index contributed by atoms with van der Waals surface area (Å²) in [6.45, 7) is 10.1. The summed E-state index contributed by atoms with van der Waals surface area (Å²) in [7, 11) is 0. The van der Waals surface area contributed by atoms with Crippen LogP contribution < -0.4 is 0 Å². The molecular formula is C9H19NO2. The molecule has 1 aliphatic rings. The van der Waals surface area contributed by atoms with Crippen molar-refractivity contribution in [3.8, 4) is 0 Å². The van der Waals surface area contributed by atoms with E-state index in [1.807, 2.05) is 12.0 Å². The summed E-state index contributed by atoms with van der Waals surface area (Å²) in [5.41, 5.74) is 0.0891. The summed E-state index contributed by atoms with van der Waals surface area (Å²) in [6, 6.07) is 0. The van der Waals surface area contributed by atoms with Crippen molar-refractivity contribution in [1.82, 2.24) is 5.06 Å². The van der Waals surface area contributed by atoms with E-state index in [0.717, 1.165) is 19.6 Å². The average Bonchev–Trinajstić information content (AvgIpc) is 2.35. The number of nitrogens with zero attached hydrogens (tertiary/aromatic N) is 1. The van der Waals surface area contributed by atoms with Gasteiger partial charge in [0.25, 0.3) is 0 Å². The minimum Gasteiger partial charge on any atom is -0.351 e. The first-order chi connectivity index (χ1) is 5.54. The Bertz CT molecular complexity index is 142. The third kappa shape index (κ3) is 2.44. The number of hydrogen-bond donors (Lipinski definition) is 0. The zero-order valence-corrected chi connectivity index (χ0v) is 8.46. The standard InChI is InChI=1S/C9H19NO2/c1-5-11-8-6-7-10(12-8)9(2,3)4/h8H,5-7H2,1-4H3. The molecule has 0 saturated carbocycles. The van der Waals surface area contributed by atoms with Crippen molar-refractivity contribution >= 4 is 0 Å². The minimum atomic E-state index is -0.0192. The van der Waals surface area contributed by atoms with Crippen molar-refractivity contribution in [3.05, 3.63) is 0 Å². The Morgan fingerprint density at radius 2 is 2.17 bits per heavy atom. The van der Waals surface area contributed by atoms with Crippen LogP contribution in [0, 0.1) is 0 Å². The highest BCUT2D eigenvalue weighted by atomic mass is 16.8. The molecule has 0 aromatic heterocycles. The Kier molecular flexibility index (Phi) is 3.09. The largest absolute Gasteiger partial charge is 0.351 e. The van der Waals surface area contributed by atoms with Crippen LogP contribution in [0.4, 0.5) is 0 Å². The van der Waals surface area contributed by atoms with Crippen molar-refractivity contribution in [2.75, 3.05) is 13.2 Å². The molecule has 12 heavy (non-hydrogen) atoms. The minimum absolute atomic E-state index is 0.0192. The first-order valence-electron chi connectivity index (χ1n) is 4.60. The van der Waals surface area contributed by atoms with Crippen LogP contribution in [-0.4, -0.2) is 30.0 Å². The third-order valence-electron chi connectivity index (χ3n) is 1.91. The average molecular weight is 173 g/mol. The summed E-state index contributed by atoms with van der Waals surface area (Å²) in [5, 5.41) is 1.99. The lowest BCUT2D eigenvalue weighted by Crippen LogP contribution is -2.38. The SMILES string of the molecule is CCOC1CCN(C(C)(C)C)O1. The highest BCUT2D eigenvalue weighted by molar-refractivity contribution is 4.73. The van der Waals surface area contributed by atoms with Gasteiger partial charge < -0.3 is 4.74 Å². The van der Waals surface area contributed by atoms with Gasteiger partial charge in [-0.25, -0.2) is 0 Å². The van der Waals surface area contributed by atoms with Crippen molar-refractivity contribution in [2.45, 2.75) is 45.9 Å². The Hall–Kier alpha value is -0.120. The molecule has 1 heterocycles. The van der Waals surface area contributed by atoms with Gasteiger partial charge in [-0.15, -0.1) is 0 Å². The summed E-state index contributed by atoms with van der Waals surface area (Å²) < 4.78 is 5.36. The van der Waals surface area contributed by atoms with Crippen LogP contribution in [0.15, 0.2) is 0 Å². The quantitative estimate of drug-likeness (QED) is 0.635. The highest BCUT2D eigenvalue weighted by Crippen LogP contribution is 2.23. The second-order valence-corrected chi connectivity index (χ2v) is 4.05. The van der Waals surface area contributed by atoms with Gasteiger partial charge >= 0.3 is 0 Å². The molecule has 1 fully saturated rings. The number of hydroxylamine groups is 2. The van der Waals surface area contributed by atoms with Crippen molar-refractivity contribution in [1.29, 1.82) is 0 Å². The van der Waals surface area contributed by atoms with Gasteiger partial charge in [-0.05, 0) is 27.7 Å². The Morgan fingerprint density at radius 1 is 1.50 bits per heavy atom. The van der Waals surface area contributed by atoms with E-state index in [1.165, 1.54) is 0 Å². The van der Waals surface area contributed by atoms with E-state index < -0.39 is 0 Å². The molecule has 0 aromatic rings. The predicted octanol–water partition coefficient (Wildman–Crippen LogP) is 1.78. The molecule has 1 unspecified atom stereocenters. The van der Waals surface area contributed by atoms with Crippen LogP contribution in [-0.2, 0) is 9.57 Å². The molecular weight excluding hydrogens is 154 g/mol. The van der Waals surface area contributed by atoms with Crippen LogP contribution in [0.5, 0.6) is 0 Å². The molecule has 1 rings (SSSR count). The van der Waals surface area contributed by atoms with E-state index in [0.29, 0.717) is 0 Å². The van der Waals surface area contributed by atoms with Gasteiger partial charge in [-0.1, -0.05) is 0 Å². The van der Waals surface area contributed by atoms with Crippen LogP contribution in [0.3, 0.4) is 0 Å². The molecule has 0 spiro atoms. The van der Waals surface area contributed by atoms with E-state index in [-0.39, 0.29) is 11.8 Å². The number of rotatable bonds is 2. The zero-order chi connectivity index (χ0) is 9.19. The van der Waals surface area contributed by atoms with E-state index in [9.17, 15) is 0 Å². The molecule has 0 radical (unpaired) electrons. The second kappa shape index (κ2) is 3.73. The van der Waals surface area contributed by atoms with Gasteiger partial charge in [0, 0.05) is 25.1 Å².